The van der Waals surface area contributed by atoms with Gasteiger partial charge in [0.25, 0.3) is 5.91 Å². The normalized spacial score (nSPS) is 19.4. The number of nitrogens with one attached hydrogen (secondary N) is 1. The van der Waals surface area contributed by atoms with Crippen molar-refractivity contribution in [2.75, 3.05) is 6.61 Å². The summed E-state index contributed by atoms with van der Waals surface area (Å²) in [6, 6.07) is 4.95. The number of carbonyl (C=O) groups excluding carboxylic acids is 1. The van der Waals surface area contributed by atoms with E-state index in [2.05, 4.69) is 16.4 Å². The predicted molar refractivity (Wildman–Crippen MR) is 78.1 cm³/mol. The number of aromatic nitrogens is 1. The maximum Gasteiger partial charge on any atom is 0.252 e. The molecule has 0 bridgehead atoms. The molecule has 0 aliphatic heterocycles. The van der Waals surface area contributed by atoms with Crippen molar-refractivity contribution in [1.82, 2.24) is 10.3 Å². The topological polar surface area (TPSA) is 62.2 Å². The van der Waals surface area contributed by atoms with E-state index in [1.807, 2.05) is 18.2 Å². The minimum absolute atomic E-state index is 0.167. The van der Waals surface area contributed by atoms with Gasteiger partial charge < -0.3 is 10.4 Å². The molecule has 0 spiro atoms. The van der Waals surface area contributed by atoms with Crippen LogP contribution < -0.4 is 5.32 Å². The Morgan fingerprint density at radius 2 is 2.24 bits per heavy atom. The highest BCUT2D eigenvalue weighted by molar-refractivity contribution is 6.02. The number of fused-ring (bicyclic) bond motifs is 2. The van der Waals surface area contributed by atoms with Crippen molar-refractivity contribution in [3.63, 3.8) is 0 Å². The van der Waals surface area contributed by atoms with Crippen molar-refractivity contribution < 1.29 is 9.90 Å². The van der Waals surface area contributed by atoms with Gasteiger partial charge in [-0.15, -0.1) is 0 Å². The van der Waals surface area contributed by atoms with Gasteiger partial charge in [0.2, 0.25) is 0 Å². The lowest BCUT2D eigenvalue weighted by molar-refractivity contribution is -0.118. The highest BCUT2D eigenvalue weighted by atomic mass is 16.3. The minimum Gasteiger partial charge on any atom is -0.394 e. The number of pyridine rings is 1. The summed E-state index contributed by atoms with van der Waals surface area (Å²) in [6.45, 7) is -0.176. The van der Waals surface area contributed by atoms with Gasteiger partial charge in [0.1, 0.15) is 0 Å². The van der Waals surface area contributed by atoms with E-state index in [-0.39, 0.29) is 12.5 Å². The van der Waals surface area contributed by atoms with E-state index in [1.54, 1.807) is 18.3 Å². The third-order valence-corrected chi connectivity index (χ3v) is 4.05. The van der Waals surface area contributed by atoms with Crippen molar-refractivity contribution in [3.05, 3.63) is 76.2 Å². The predicted octanol–water partition coefficient (Wildman–Crippen LogP) is 1.74. The molecule has 0 radical (unpaired) electrons. The molecule has 21 heavy (non-hydrogen) atoms. The lowest BCUT2D eigenvalue weighted by atomic mass is 10.1. The number of hydrogen-bond donors (Lipinski definition) is 2. The maximum absolute atomic E-state index is 12.4. The summed E-state index contributed by atoms with van der Waals surface area (Å²) in [5.74, 6) is -0.167. The van der Waals surface area contributed by atoms with Crippen molar-refractivity contribution in [2.45, 2.75) is 12.5 Å². The lowest BCUT2D eigenvalue weighted by Crippen LogP contribution is -2.32. The second-order valence-electron chi connectivity index (χ2n) is 5.36. The van der Waals surface area contributed by atoms with Crippen LogP contribution >= 0.6 is 0 Å². The van der Waals surface area contributed by atoms with Gasteiger partial charge in [0.05, 0.1) is 18.3 Å². The van der Waals surface area contributed by atoms with E-state index in [0.717, 1.165) is 12.0 Å². The average Bonchev–Trinajstić information content (AvgIpc) is 3.00. The molecule has 0 unspecified atom stereocenters. The fourth-order valence-electron chi connectivity index (χ4n) is 2.87. The van der Waals surface area contributed by atoms with Crippen molar-refractivity contribution >= 4 is 5.91 Å². The first-order valence-corrected chi connectivity index (χ1v) is 6.97. The van der Waals surface area contributed by atoms with Gasteiger partial charge >= 0.3 is 0 Å². The molecule has 2 N–H and O–H groups in total. The van der Waals surface area contributed by atoms with Gasteiger partial charge in [-0.1, -0.05) is 12.1 Å². The smallest absolute Gasteiger partial charge is 0.252 e. The Balaban J connectivity index is 1.57. The van der Waals surface area contributed by atoms with Crippen LogP contribution in [0, 0.1) is 0 Å². The Kier molecular flexibility index (Phi) is 2.65. The van der Waals surface area contributed by atoms with E-state index in [1.165, 1.54) is 16.7 Å². The third kappa shape index (κ3) is 1.96. The van der Waals surface area contributed by atoms with Crippen molar-refractivity contribution in [1.29, 1.82) is 0 Å². The Morgan fingerprint density at radius 3 is 3.00 bits per heavy atom. The molecule has 0 aromatic carbocycles. The van der Waals surface area contributed by atoms with Gasteiger partial charge in [-0.3, -0.25) is 9.78 Å². The third-order valence-electron chi connectivity index (χ3n) is 4.05. The molecule has 4 rings (SSSR count). The summed E-state index contributed by atoms with van der Waals surface area (Å²) < 4.78 is 0. The van der Waals surface area contributed by atoms with E-state index in [4.69, 9.17) is 0 Å². The Bertz CT molecular complexity index is 754. The van der Waals surface area contributed by atoms with Gasteiger partial charge in [0, 0.05) is 11.8 Å². The quantitative estimate of drug-likeness (QED) is 0.882. The first-order valence-electron chi connectivity index (χ1n) is 6.97. The Morgan fingerprint density at radius 1 is 1.33 bits per heavy atom. The maximum atomic E-state index is 12.4. The zero-order valence-electron chi connectivity index (χ0n) is 11.3. The molecule has 1 aromatic heterocycles. The van der Waals surface area contributed by atoms with Crippen molar-refractivity contribution in [2.24, 2.45) is 0 Å². The fourth-order valence-corrected chi connectivity index (χ4v) is 2.87. The summed E-state index contributed by atoms with van der Waals surface area (Å²) in [6.07, 6.45) is 8.66. The molecule has 4 heteroatoms. The fraction of sp³-hybridized carbons (Fsp3) is 0.176. The molecule has 1 amide bonds. The van der Waals surface area contributed by atoms with Crippen molar-refractivity contribution in [3.8, 4) is 0 Å². The van der Waals surface area contributed by atoms with Gasteiger partial charge in [-0.2, -0.15) is 0 Å². The van der Waals surface area contributed by atoms with Crippen LogP contribution in [0.2, 0.25) is 0 Å². The van der Waals surface area contributed by atoms with Gasteiger partial charge in [0.15, 0.2) is 0 Å². The molecule has 0 saturated heterocycles. The number of aliphatic hydroxyl groups excluding tert-OH is 1. The Hall–Kier alpha value is -2.46. The van der Waals surface area contributed by atoms with Crippen LogP contribution in [0.3, 0.4) is 0 Å². The largest absolute Gasteiger partial charge is 0.394 e. The van der Waals surface area contributed by atoms with Gasteiger partial charge in [-0.25, -0.2) is 0 Å². The highest BCUT2D eigenvalue weighted by Gasteiger charge is 2.35. The number of carbonyl (C=O) groups is 1. The Labute approximate surface area is 122 Å². The number of allylic oxidation sites excluding steroid dienone is 6. The summed E-state index contributed by atoms with van der Waals surface area (Å²) in [5, 5.41) is 12.4. The van der Waals surface area contributed by atoms with Crippen LogP contribution in [-0.2, 0) is 4.79 Å². The van der Waals surface area contributed by atoms with Gasteiger partial charge in [-0.05, 0) is 53.0 Å². The number of amides is 1. The minimum atomic E-state index is -0.486. The number of nitrogens with zero attached hydrogens (tertiary/aromatic N) is 1. The summed E-state index contributed by atoms with van der Waals surface area (Å²) in [7, 11) is 0. The summed E-state index contributed by atoms with van der Waals surface area (Å²) in [5.41, 5.74) is 6.25. The second-order valence-corrected chi connectivity index (χ2v) is 5.36. The molecule has 1 heterocycles. The number of hydrogen-bond acceptors (Lipinski definition) is 3. The first kappa shape index (κ1) is 12.3. The molecule has 1 aromatic rings. The lowest BCUT2D eigenvalue weighted by Gasteiger charge is -2.16. The second kappa shape index (κ2) is 4.53. The molecule has 4 nitrogen and oxygen atoms in total. The van der Waals surface area contributed by atoms with E-state index in [9.17, 15) is 9.90 Å². The molecule has 1 saturated carbocycles. The van der Waals surface area contributed by atoms with Crippen LogP contribution in [0.5, 0.6) is 0 Å². The van der Waals surface area contributed by atoms with E-state index < -0.39 is 6.04 Å². The van der Waals surface area contributed by atoms with Crippen LogP contribution in [0.1, 0.15) is 18.2 Å². The zero-order valence-corrected chi connectivity index (χ0v) is 11.3. The molecule has 1 fully saturated rings. The molecule has 104 valence electrons. The van der Waals surface area contributed by atoms with Crippen LogP contribution in [0.4, 0.5) is 0 Å². The molecule has 1 atom stereocenters. The summed E-state index contributed by atoms with van der Waals surface area (Å²) in [4.78, 5) is 16.6. The monoisotopic (exact) mass is 278 g/mol. The standard InChI is InChI=1S/C17H14N2O2/c20-9-16(15-3-1-2-6-18-15)19-17(21)12-5-4-11-13-7-10(13)8-14(11)12/h1-6,8,16,20H,7,9H2,(H,19,21)/t16-/m1/s1. The van der Waals surface area contributed by atoms with E-state index >= 15 is 0 Å². The van der Waals surface area contributed by atoms with Crippen LogP contribution in [0.25, 0.3) is 0 Å². The SMILES string of the molecule is O=C(N[C@H](CO)c1ccccn1)C1=C2C=C3CC3=C2C=C1. The van der Waals surface area contributed by atoms with Crippen LogP contribution in [-0.4, -0.2) is 22.6 Å². The molecule has 3 aliphatic rings. The molecular weight excluding hydrogens is 264 g/mol. The molecule has 3 aliphatic carbocycles. The number of aliphatic hydroxyl groups is 1. The van der Waals surface area contributed by atoms with E-state index in [0.29, 0.717) is 11.3 Å². The van der Waals surface area contributed by atoms with Crippen LogP contribution in [0.15, 0.2) is 70.5 Å². The summed E-state index contributed by atoms with van der Waals surface area (Å²) >= 11 is 0. The average molecular weight is 278 g/mol. The molecular formula is C17H14N2O2. The number of rotatable bonds is 4. The highest BCUT2D eigenvalue weighted by Crippen LogP contribution is 2.51. The zero-order chi connectivity index (χ0) is 14.4. The first-order chi connectivity index (χ1) is 10.3.